The van der Waals surface area contributed by atoms with Gasteiger partial charge in [-0.15, -0.1) is 0 Å². The molecule has 3 unspecified atom stereocenters. The Hall–Kier alpha value is -4.74. The number of fused-ring (bicyclic) bond motifs is 7. The number of aliphatic hydroxyl groups is 2. The number of aromatic amines is 1. The van der Waals surface area contributed by atoms with Crippen LogP contribution in [0, 0.1) is 41.4 Å². The number of benzene rings is 2. The van der Waals surface area contributed by atoms with Gasteiger partial charge < -0.3 is 34.7 Å². The van der Waals surface area contributed by atoms with Gasteiger partial charge in [0.2, 0.25) is 0 Å². The molecule has 2 heterocycles. The molecule has 4 N–H and O–H groups in total. The summed E-state index contributed by atoms with van der Waals surface area (Å²) in [4.78, 5) is 54.8. The minimum atomic E-state index is -1.40. The highest BCUT2D eigenvalue weighted by atomic mass is 16.6. The summed E-state index contributed by atoms with van der Waals surface area (Å²) in [5.41, 5.74) is 0.637. The lowest BCUT2D eigenvalue weighted by atomic mass is 9.46. The Morgan fingerprint density at radius 1 is 1.06 bits per heavy atom. The van der Waals surface area contributed by atoms with Crippen LogP contribution in [0.3, 0.4) is 0 Å². The molecule has 1 aliphatic heterocycles. The highest BCUT2D eigenvalue weighted by Crippen LogP contribution is 2.66. The minimum Gasteiger partial charge on any atom is -0.458 e. The van der Waals surface area contributed by atoms with E-state index in [9.17, 15) is 29.4 Å². The number of esters is 3. The summed E-state index contributed by atoms with van der Waals surface area (Å²) in [6.45, 7) is 7.36. The Labute approximate surface area is 308 Å². The molecule has 0 spiro atoms. The lowest BCUT2D eigenvalue weighted by molar-refractivity contribution is -0.180. The van der Waals surface area contributed by atoms with Gasteiger partial charge in [-0.3, -0.25) is 9.59 Å². The summed E-state index contributed by atoms with van der Waals surface area (Å²) in [6, 6.07) is 17.3. The third kappa shape index (κ3) is 6.58. The van der Waals surface area contributed by atoms with Crippen LogP contribution in [-0.2, 0) is 35.0 Å². The van der Waals surface area contributed by atoms with E-state index in [-0.39, 0.29) is 42.6 Å². The van der Waals surface area contributed by atoms with Crippen molar-refractivity contribution in [3.63, 3.8) is 0 Å². The summed E-state index contributed by atoms with van der Waals surface area (Å²) in [5, 5.41) is 29.1. The maximum Gasteiger partial charge on any atom is 0.397 e. The van der Waals surface area contributed by atoms with Gasteiger partial charge in [-0.05, 0) is 72.6 Å². The number of hydrogen-bond acceptors (Lipinski definition) is 9. The average Bonchev–Trinajstić information content (AvgIpc) is 3.74. The van der Waals surface area contributed by atoms with Crippen molar-refractivity contribution in [3.05, 3.63) is 95.9 Å². The van der Waals surface area contributed by atoms with E-state index in [2.05, 4.69) is 16.4 Å². The normalized spacial score (nSPS) is 34.9. The Bertz CT molecular complexity index is 1930. The number of carbonyl (C=O) groups excluding carboxylic acids is 4. The number of allylic oxidation sites excluding steroid dienone is 1. The highest BCUT2D eigenvalue weighted by molar-refractivity contribution is 6.32. The first-order valence-electron chi connectivity index (χ1n) is 18.7. The van der Waals surface area contributed by atoms with Crippen LogP contribution in [0.2, 0.25) is 0 Å². The van der Waals surface area contributed by atoms with Crippen LogP contribution in [0.15, 0.2) is 84.6 Å². The second-order valence-electron chi connectivity index (χ2n) is 15.3. The third-order valence-corrected chi connectivity index (χ3v) is 12.3. The quantitative estimate of drug-likeness (QED) is 0.117. The third-order valence-electron chi connectivity index (χ3n) is 12.3. The summed E-state index contributed by atoms with van der Waals surface area (Å²) in [5.74, 6) is -5.30. The van der Waals surface area contributed by atoms with Gasteiger partial charge in [0.15, 0.2) is 0 Å². The summed E-state index contributed by atoms with van der Waals surface area (Å²) < 4.78 is 17.4. The number of hydrogen-bond donors (Lipinski definition) is 4. The predicted molar refractivity (Wildman–Crippen MR) is 195 cm³/mol. The molecule has 1 aromatic heterocycles. The number of cyclic esters (lactones) is 1. The lowest BCUT2D eigenvalue weighted by Gasteiger charge is -2.61. The van der Waals surface area contributed by atoms with Gasteiger partial charge in [0.1, 0.15) is 24.0 Å². The second kappa shape index (κ2) is 14.6. The first-order valence-corrected chi connectivity index (χ1v) is 18.7. The molecule has 53 heavy (non-hydrogen) atoms. The van der Waals surface area contributed by atoms with Crippen molar-refractivity contribution >= 4 is 34.6 Å². The Morgan fingerprint density at radius 2 is 1.83 bits per heavy atom. The molecule has 2 fully saturated rings. The van der Waals surface area contributed by atoms with Crippen molar-refractivity contribution < 1.29 is 43.6 Å². The molecule has 1 amide bonds. The molecule has 4 aliphatic rings. The monoisotopic (exact) mass is 724 g/mol. The van der Waals surface area contributed by atoms with Crippen LogP contribution in [-0.4, -0.2) is 75.6 Å². The topological polar surface area (TPSA) is 164 Å². The van der Waals surface area contributed by atoms with Gasteiger partial charge in [0.25, 0.3) is 0 Å². The van der Waals surface area contributed by atoms with Crippen LogP contribution in [0.4, 0.5) is 0 Å². The van der Waals surface area contributed by atoms with Gasteiger partial charge >= 0.3 is 23.8 Å². The smallest absolute Gasteiger partial charge is 0.397 e. The van der Waals surface area contributed by atoms with Crippen molar-refractivity contribution in [2.24, 2.45) is 41.4 Å². The zero-order chi connectivity index (χ0) is 37.6. The number of nitrogens with one attached hydrogen (secondary N) is 2. The zero-order valence-electron chi connectivity index (χ0n) is 30.4. The number of H-pyrrole nitrogens is 1. The molecule has 3 aliphatic carbocycles. The van der Waals surface area contributed by atoms with Crippen molar-refractivity contribution in [1.82, 2.24) is 10.3 Å². The minimum absolute atomic E-state index is 0.00393. The van der Waals surface area contributed by atoms with E-state index < -0.39 is 65.7 Å². The fourth-order valence-corrected chi connectivity index (χ4v) is 9.73. The maximum absolute atomic E-state index is 13.2. The molecule has 0 radical (unpaired) electrons. The number of aliphatic hydroxyl groups excluding tert-OH is 1. The average molecular weight is 725 g/mol. The maximum atomic E-state index is 13.2. The Kier molecular flexibility index (Phi) is 10.1. The number of carbonyl (C=O) groups is 4. The summed E-state index contributed by atoms with van der Waals surface area (Å²) in [7, 11) is 0. The second-order valence-corrected chi connectivity index (χ2v) is 15.3. The van der Waals surface area contributed by atoms with Crippen molar-refractivity contribution in [3.8, 4) is 0 Å². The SMILES string of the molecule is C/C1=C\[C@@H](C)[C@@H]([C@@H](C)OC(=O)C(=O)NCCc2cccc3ccccc23)OC(=O)CC[C@H]2C=CC3C(C4[C@H]3[C@H](OC(=O)c3ccc[nH]3)[C@H](C)[C@H]4O)[C@]12O. The molecular formula is C42H48N2O9. The number of amides is 1. The molecule has 3 aromatic rings. The van der Waals surface area contributed by atoms with E-state index in [0.717, 1.165) is 16.3 Å². The fraction of sp³-hybridized carbons (Fsp3) is 0.476. The molecular weight excluding hydrogens is 676 g/mol. The van der Waals surface area contributed by atoms with Gasteiger partial charge in [-0.25, -0.2) is 9.59 Å². The number of aromatic nitrogens is 1. The van der Waals surface area contributed by atoms with Crippen LogP contribution in [0.1, 0.15) is 56.6 Å². The van der Waals surface area contributed by atoms with Crippen LogP contribution < -0.4 is 5.32 Å². The lowest BCUT2D eigenvalue weighted by Crippen LogP contribution is -2.64. The van der Waals surface area contributed by atoms with E-state index in [1.165, 1.54) is 0 Å². The number of rotatable bonds is 7. The van der Waals surface area contributed by atoms with Crippen molar-refractivity contribution in [2.75, 3.05) is 6.54 Å². The first-order chi connectivity index (χ1) is 25.4. The van der Waals surface area contributed by atoms with E-state index in [0.29, 0.717) is 24.1 Å². The molecule has 2 saturated carbocycles. The van der Waals surface area contributed by atoms with Crippen LogP contribution >= 0.6 is 0 Å². The molecule has 0 saturated heterocycles. The van der Waals surface area contributed by atoms with Gasteiger partial charge in [-0.2, -0.15) is 0 Å². The summed E-state index contributed by atoms with van der Waals surface area (Å²) in [6.07, 6.45) is 5.08. The zero-order valence-corrected chi connectivity index (χ0v) is 30.4. The van der Waals surface area contributed by atoms with Gasteiger partial charge in [0.05, 0.1) is 11.7 Å². The van der Waals surface area contributed by atoms with Crippen molar-refractivity contribution in [1.29, 1.82) is 0 Å². The van der Waals surface area contributed by atoms with Gasteiger partial charge in [0, 0.05) is 48.8 Å². The molecule has 12 atom stereocenters. The standard InChI is InChI=1S/C42H48N2O9/c1-22-21-23(2)42(50)28(14-16-30-33-34(35(30)42)36(46)24(3)38(33)53-40(48)31-13-8-19-43-31)15-17-32(45)52-37(22)25(4)51-41(49)39(47)44-20-18-27-11-7-10-26-9-5-6-12-29(26)27/h5-14,16,19,21-22,24-25,28,30,33-38,43,46,50H,15,17-18,20H2,1-4H3,(H,44,47)/b23-21+/t22-,24-,25-,28-,30?,33+,34?,35?,36-,37+,38-,42+/m1/s1. The Balaban J connectivity index is 1.04. The fourth-order valence-electron chi connectivity index (χ4n) is 9.73. The van der Waals surface area contributed by atoms with E-state index >= 15 is 0 Å². The van der Waals surface area contributed by atoms with Gasteiger partial charge in [-0.1, -0.05) is 74.5 Å². The van der Waals surface area contributed by atoms with Crippen molar-refractivity contribution in [2.45, 2.75) is 77.0 Å². The Morgan fingerprint density at radius 3 is 2.60 bits per heavy atom. The predicted octanol–water partition coefficient (Wildman–Crippen LogP) is 4.68. The molecule has 7 rings (SSSR count). The van der Waals surface area contributed by atoms with Crippen LogP contribution in [0.5, 0.6) is 0 Å². The number of ether oxygens (including phenoxy) is 3. The first kappa shape index (κ1) is 36.6. The highest BCUT2D eigenvalue weighted by Gasteiger charge is 2.70. The molecule has 11 nitrogen and oxygen atoms in total. The van der Waals surface area contributed by atoms with E-state index in [1.807, 2.05) is 75.4 Å². The summed E-state index contributed by atoms with van der Waals surface area (Å²) >= 11 is 0. The molecule has 11 heteroatoms. The van der Waals surface area contributed by atoms with E-state index in [4.69, 9.17) is 14.2 Å². The largest absolute Gasteiger partial charge is 0.458 e. The molecule has 0 bridgehead atoms. The van der Waals surface area contributed by atoms with Crippen LogP contribution in [0.25, 0.3) is 10.8 Å². The van der Waals surface area contributed by atoms with E-state index in [1.54, 1.807) is 25.3 Å². The molecule has 280 valence electrons. The molecule has 2 aromatic carbocycles.